The molecular weight excluding hydrogens is 186 g/mol. The molecule has 2 rings (SSSR count). The predicted molar refractivity (Wildman–Crippen MR) is 64.2 cm³/mol. The topological polar surface area (TPSA) is 40.7 Å². The maximum atomic E-state index is 4.38. The largest absolute Gasteiger partial charge is 0.382 e. The van der Waals surface area contributed by atoms with Crippen LogP contribution >= 0.6 is 0 Å². The fourth-order valence-corrected chi connectivity index (χ4v) is 1.76. The van der Waals surface area contributed by atoms with Gasteiger partial charge in [-0.15, -0.1) is 0 Å². The van der Waals surface area contributed by atoms with E-state index >= 15 is 0 Å². The van der Waals surface area contributed by atoms with Crippen LogP contribution in [-0.2, 0) is 6.42 Å². The van der Waals surface area contributed by atoms with Crippen LogP contribution in [0.15, 0.2) is 18.5 Å². The van der Waals surface area contributed by atoms with Gasteiger partial charge in [0.25, 0.3) is 0 Å². The second-order valence-electron chi connectivity index (χ2n) is 4.09. The van der Waals surface area contributed by atoms with E-state index in [-0.39, 0.29) is 0 Å². The molecule has 0 aromatic carbocycles. The van der Waals surface area contributed by atoms with Crippen LogP contribution in [0.1, 0.15) is 26.3 Å². The zero-order chi connectivity index (χ0) is 10.8. The Labute approximate surface area is 89.9 Å². The van der Waals surface area contributed by atoms with E-state index in [0.717, 1.165) is 17.8 Å². The van der Waals surface area contributed by atoms with E-state index in [1.165, 1.54) is 10.9 Å². The van der Waals surface area contributed by atoms with Crippen LogP contribution in [0.5, 0.6) is 0 Å². The van der Waals surface area contributed by atoms with Crippen LogP contribution in [-0.4, -0.2) is 16.0 Å². The van der Waals surface area contributed by atoms with Gasteiger partial charge in [-0.2, -0.15) is 0 Å². The summed E-state index contributed by atoms with van der Waals surface area (Å²) < 4.78 is 0. The molecule has 15 heavy (non-hydrogen) atoms. The lowest BCUT2D eigenvalue weighted by Gasteiger charge is -2.09. The first-order valence-electron chi connectivity index (χ1n) is 5.43. The van der Waals surface area contributed by atoms with Crippen molar-refractivity contribution >= 4 is 16.7 Å². The third-order valence-corrected chi connectivity index (χ3v) is 2.45. The normalized spacial score (nSPS) is 11.2. The minimum atomic E-state index is 0.438. The van der Waals surface area contributed by atoms with E-state index in [1.54, 1.807) is 0 Å². The molecule has 2 heterocycles. The first-order chi connectivity index (χ1) is 7.20. The average Bonchev–Trinajstić information content (AvgIpc) is 2.59. The summed E-state index contributed by atoms with van der Waals surface area (Å²) in [6.45, 7) is 6.41. The Morgan fingerprint density at radius 2 is 2.27 bits per heavy atom. The van der Waals surface area contributed by atoms with Crippen LogP contribution in [0.25, 0.3) is 11.0 Å². The summed E-state index contributed by atoms with van der Waals surface area (Å²) in [6.07, 6.45) is 4.95. The number of anilines is 1. The Morgan fingerprint density at radius 3 is 2.93 bits per heavy atom. The minimum Gasteiger partial charge on any atom is -0.382 e. The second-order valence-corrected chi connectivity index (χ2v) is 4.09. The van der Waals surface area contributed by atoms with Crippen LogP contribution in [0.2, 0.25) is 0 Å². The molecule has 0 fully saturated rings. The number of nitrogens with one attached hydrogen (secondary N) is 2. The first-order valence-corrected chi connectivity index (χ1v) is 5.43. The van der Waals surface area contributed by atoms with Gasteiger partial charge in [0.15, 0.2) is 0 Å². The molecule has 0 radical (unpaired) electrons. The van der Waals surface area contributed by atoms with Crippen molar-refractivity contribution < 1.29 is 0 Å². The molecule has 0 saturated heterocycles. The van der Waals surface area contributed by atoms with Gasteiger partial charge < -0.3 is 10.3 Å². The van der Waals surface area contributed by atoms with Crippen molar-refractivity contribution in [3.8, 4) is 0 Å². The van der Waals surface area contributed by atoms with Crippen LogP contribution < -0.4 is 5.32 Å². The lowest BCUT2D eigenvalue weighted by molar-refractivity contribution is 0.898. The monoisotopic (exact) mass is 203 g/mol. The number of nitrogens with zero attached hydrogens (tertiary/aromatic N) is 1. The zero-order valence-corrected chi connectivity index (χ0v) is 9.46. The Morgan fingerprint density at radius 1 is 1.47 bits per heavy atom. The molecule has 3 heteroatoms. The number of rotatable bonds is 3. The summed E-state index contributed by atoms with van der Waals surface area (Å²) in [6, 6.07) is 2.60. The molecule has 0 atom stereocenters. The van der Waals surface area contributed by atoms with E-state index in [1.807, 2.05) is 12.4 Å². The van der Waals surface area contributed by atoms with Gasteiger partial charge in [0.1, 0.15) is 5.65 Å². The maximum Gasteiger partial charge on any atom is 0.137 e. The van der Waals surface area contributed by atoms with Crippen molar-refractivity contribution in [2.24, 2.45) is 0 Å². The third kappa shape index (κ3) is 1.96. The summed E-state index contributed by atoms with van der Waals surface area (Å²) >= 11 is 0. The fourth-order valence-electron chi connectivity index (χ4n) is 1.76. The van der Waals surface area contributed by atoms with Crippen molar-refractivity contribution in [1.29, 1.82) is 0 Å². The van der Waals surface area contributed by atoms with Crippen molar-refractivity contribution in [2.45, 2.75) is 33.2 Å². The van der Waals surface area contributed by atoms with Crippen molar-refractivity contribution in [1.82, 2.24) is 9.97 Å². The maximum absolute atomic E-state index is 4.38. The van der Waals surface area contributed by atoms with Crippen LogP contribution in [0, 0.1) is 0 Å². The molecule has 0 unspecified atom stereocenters. The summed E-state index contributed by atoms with van der Waals surface area (Å²) in [5.74, 6) is 0. The van der Waals surface area contributed by atoms with Gasteiger partial charge >= 0.3 is 0 Å². The third-order valence-electron chi connectivity index (χ3n) is 2.45. The molecule has 3 nitrogen and oxygen atoms in total. The number of hydrogen-bond acceptors (Lipinski definition) is 2. The van der Waals surface area contributed by atoms with Gasteiger partial charge in [-0.1, -0.05) is 6.92 Å². The number of pyridine rings is 1. The number of aryl methyl sites for hydroxylation is 1. The summed E-state index contributed by atoms with van der Waals surface area (Å²) in [5.41, 5.74) is 3.39. The van der Waals surface area contributed by atoms with E-state index in [9.17, 15) is 0 Å². The summed E-state index contributed by atoms with van der Waals surface area (Å²) in [7, 11) is 0. The molecule has 2 aromatic rings. The minimum absolute atomic E-state index is 0.438. The highest BCUT2D eigenvalue weighted by atomic mass is 14.9. The molecule has 80 valence electrons. The number of H-pyrrole nitrogens is 1. The van der Waals surface area contributed by atoms with E-state index in [2.05, 4.69) is 42.1 Å². The molecule has 0 aliphatic carbocycles. The van der Waals surface area contributed by atoms with E-state index in [4.69, 9.17) is 0 Å². The van der Waals surface area contributed by atoms with E-state index in [0.29, 0.717) is 6.04 Å². The number of aromatic nitrogens is 2. The fraction of sp³-hybridized carbons (Fsp3) is 0.417. The smallest absolute Gasteiger partial charge is 0.137 e. The predicted octanol–water partition coefficient (Wildman–Crippen LogP) is 2.95. The molecule has 0 bridgehead atoms. The van der Waals surface area contributed by atoms with E-state index < -0.39 is 0 Å². The van der Waals surface area contributed by atoms with Crippen LogP contribution in [0.4, 0.5) is 5.69 Å². The molecule has 0 amide bonds. The Balaban J connectivity index is 2.43. The summed E-state index contributed by atoms with van der Waals surface area (Å²) in [5, 5.41) is 4.59. The Hall–Kier alpha value is -1.51. The van der Waals surface area contributed by atoms with Gasteiger partial charge in [0.05, 0.1) is 11.9 Å². The highest BCUT2D eigenvalue weighted by Gasteiger charge is 2.04. The standard InChI is InChI=1S/C12H17N3/c1-4-9-6-13-12-11(9)5-10(7-14-12)15-8(2)3/h5-8,15H,4H2,1-3H3,(H,13,14). The van der Waals surface area contributed by atoms with Gasteiger partial charge in [-0.3, -0.25) is 0 Å². The SMILES string of the molecule is CCc1c[nH]c2ncc(NC(C)C)cc12. The summed E-state index contributed by atoms with van der Waals surface area (Å²) in [4.78, 5) is 7.57. The second kappa shape index (κ2) is 3.93. The first kappa shape index (κ1) is 10.0. The van der Waals surface area contributed by atoms with Gasteiger partial charge in [0.2, 0.25) is 0 Å². The molecule has 0 aliphatic rings. The molecule has 0 spiro atoms. The van der Waals surface area contributed by atoms with Gasteiger partial charge in [0, 0.05) is 17.6 Å². The van der Waals surface area contributed by atoms with Crippen molar-refractivity contribution in [2.75, 3.05) is 5.32 Å². The molecular formula is C12H17N3. The molecule has 0 saturated carbocycles. The van der Waals surface area contributed by atoms with Crippen LogP contribution in [0.3, 0.4) is 0 Å². The van der Waals surface area contributed by atoms with Gasteiger partial charge in [-0.25, -0.2) is 4.98 Å². The number of fused-ring (bicyclic) bond motifs is 1. The highest BCUT2D eigenvalue weighted by Crippen LogP contribution is 2.20. The van der Waals surface area contributed by atoms with Crippen molar-refractivity contribution in [3.05, 3.63) is 24.0 Å². The van der Waals surface area contributed by atoms with Crippen molar-refractivity contribution in [3.63, 3.8) is 0 Å². The molecule has 0 aliphatic heterocycles. The highest BCUT2D eigenvalue weighted by molar-refractivity contribution is 5.82. The lowest BCUT2D eigenvalue weighted by Crippen LogP contribution is -2.09. The zero-order valence-electron chi connectivity index (χ0n) is 9.46. The Bertz CT molecular complexity index is 457. The number of hydrogen-bond donors (Lipinski definition) is 2. The average molecular weight is 203 g/mol. The molecule has 2 N–H and O–H groups in total. The quantitative estimate of drug-likeness (QED) is 0.805. The lowest BCUT2D eigenvalue weighted by atomic mass is 10.1. The molecule has 2 aromatic heterocycles. The Kier molecular flexibility index (Phi) is 2.62. The van der Waals surface area contributed by atoms with Gasteiger partial charge in [-0.05, 0) is 31.9 Å². The number of aromatic amines is 1.